The number of benzene rings is 2. The molecule has 1 fully saturated rings. The van der Waals surface area contributed by atoms with E-state index in [1.165, 1.54) is 25.5 Å². The van der Waals surface area contributed by atoms with Crippen molar-refractivity contribution < 1.29 is 9.59 Å². The summed E-state index contributed by atoms with van der Waals surface area (Å²) in [5.74, 6) is 0.810. The molecule has 0 radical (unpaired) electrons. The molecule has 0 aliphatic carbocycles. The Labute approximate surface area is 154 Å². The van der Waals surface area contributed by atoms with Gasteiger partial charge in [-0.25, -0.2) is 4.79 Å². The number of anilines is 3. The third-order valence-corrected chi connectivity index (χ3v) is 4.82. The van der Waals surface area contributed by atoms with Gasteiger partial charge in [0.1, 0.15) is 0 Å². The molecule has 0 aromatic heterocycles. The Morgan fingerprint density at radius 1 is 0.885 bits per heavy atom. The summed E-state index contributed by atoms with van der Waals surface area (Å²) in [7, 11) is 0. The van der Waals surface area contributed by atoms with E-state index in [9.17, 15) is 9.59 Å². The summed E-state index contributed by atoms with van der Waals surface area (Å²) in [6.45, 7) is 6.00. The van der Waals surface area contributed by atoms with Gasteiger partial charge in [-0.15, -0.1) is 0 Å². The molecule has 1 saturated heterocycles. The molecular formula is C21H25N3O2. The summed E-state index contributed by atoms with van der Waals surface area (Å²) in [6.07, 6.45) is 2.45. The number of piperidine rings is 1. The summed E-state index contributed by atoms with van der Waals surface area (Å²) in [5.41, 5.74) is 3.21. The average Bonchev–Trinajstić information content (AvgIpc) is 2.63. The zero-order valence-electron chi connectivity index (χ0n) is 15.3. The topological polar surface area (TPSA) is 61.4 Å². The molecule has 1 heterocycles. The Morgan fingerprint density at radius 3 is 1.88 bits per heavy atom. The van der Waals surface area contributed by atoms with Gasteiger partial charge in [0.2, 0.25) is 0 Å². The van der Waals surface area contributed by atoms with Crippen LogP contribution in [0.5, 0.6) is 0 Å². The molecule has 2 N–H and O–H groups in total. The van der Waals surface area contributed by atoms with E-state index in [1.807, 2.05) is 24.3 Å². The molecule has 5 heteroatoms. The van der Waals surface area contributed by atoms with Gasteiger partial charge in [0.25, 0.3) is 0 Å². The van der Waals surface area contributed by atoms with E-state index in [4.69, 9.17) is 0 Å². The van der Waals surface area contributed by atoms with Gasteiger partial charge in [-0.2, -0.15) is 0 Å². The predicted molar refractivity (Wildman–Crippen MR) is 106 cm³/mol. The number of nitrogens with one attached hydrogen (secondary N) is 2. The van der Waals surface area contributed by atoms with Gasteiger partial charge in [0.15, 0.2) is 5.78 Å². The first-order chi connectivity index (χ1) is 12.5. The highest BCUT2D eigenvalue weighted by Crippen LogP contribution is 2.24. The molecule has 2 aromatic carbocycles. The molecule has 2 aromatic rings. The second kappa shape index (κ2) is 8.04. The van der Waals surface area contributed by atoms with E-state index in [0.29, 0.717) is 11.3 Å². The number of Topliss-reactive ketones (excluding diaryl/α,β-unsaturated/α-hetero) is 1. The molecule has 136 valence electrons. The Bertz CT molecular complexity index is 761. The number of carbonyl (C=O) groups is 2. The van der Waals surface area contributed by atoms with Crippen molar-refractivity contribution in [1.82, 2.24) is 0 Å². The minimum atomic E-state index is -0.305. The highest BCUT2D eigenvalue weighted by atomic mass is 16.2. The van der Waals surface area contributed by atoms with Crippen molar-refractivity contribution in [3.05, 3.63) is 54.1 Å². The van der Waals surface area contributed by atoms with Crippen LogP contribution in [0.1, 0.15) is 37.0 Å². The Morgan fingerprint density at radius 2 is 1.38 bits per heavy atom. The number of hydrogen-bond acceptors (Lipinski definition) is 3. The molecule has 2 amide bonds. The lowest BCUT2D eigenvalue weighted by Gasteiger charge is -2.32. The van der Waals surface area contributed by atoms with Crippen molar-refractivity contribution in [2.45, 2.75) is 26.7 Å². The zero-order chi connectivity index (χ0) is 18.5. The highest BCUT2D eigenvalue weighted by molar-refractivity contribution is 6.00. The van der Waals surface area contributed by atoms with E-state index in [-0.39, 0.29) is 11.8 Å². The molecule has 1 aliphatic rings. The molecule has 0 saturated carbocycles. The summed E-state index contributed by atoms with van der Waals surface area (Å²) in [6, 6.07) is 14.5. The van der Waals surface area contributed by atoms with Crippen molar-refractivity contribution in [3.63, 3.8) is 0 Å². The standard InChI is InChI=1S/C21H25N3O2/c1-15-11-13-24(14-12-15)20-9-7-19(8-10-20)23-21(26)22-18-5-3-17(4-6-18)16(2)25/h3-10,15H,11-14H2,1-2H3,(H2,22,23,26). The van der Waals surface area contributed by atoms with Crippen LogP contribution in [0.15, 0.2) is 48.5 Å². The van der Waals surface area contributed by atoms with Crippen molar-refractivity contribution in [2.24, 2.45) is 5.92 Å². The molecule has 0 unspecified atom stereocenters. The summed E-state index contributed by atoms with van der Waals surface area (Å²) >= 11 is 0. The lowest BCUT2D eigenvalue weighted by molar-refractivity contribution is 0.101. The van der Waals surface area contributed by atoms with Gasteiger partial charge in [-0.05, 0) is 74.2 Å². The smallest absolute Gasteiger partial charge is 0.323 e. The van der Waals surface area contributed by atoms with Gasteiger partial charge in [-0.1, -0.05) is 6.92 Å². The van der Waals surface area contributed by atoms with Crippen LogP contribution < -0.4 is 15.5 Å². The lowest BCUT2D eigenvalue weighted by atomic mass is 9.99. The maximum absolute atomic E-state index is 12.1. The number of hydrogen-bond donors (Lipinski definition) is 2. The fourth-order valence-electron chi connectivity index (χ4n) is 3.10. The summed E-state index contributed by atoms with van der Waals surface area (Å²) < 4.78 is 0. The normalized spacial score (nSPS) is 14.8. The van der Waals surface area contributed by atoms with Crippen molar-refractivity contribution in [1.29, 1.82) is 0 Å². The van der Waals surface area contributed by atoms with Crippen LogP contribution in [-0.2, 0) is 0 Å². The van der Waals surface area contributed by atoms with E-state index in [2.05, 4.69) is 22.5 Å². The van der Waals surface area contributed by atoms with E-state index >= 15 is 0 Å². The highest BCUT2D eigenvalue weighted by Gasteiger charge is 2.15. The molecule has 1 aliphatic heterocycles. The fourth-order valence-corrected chi connectivity index (χ4v) is 3.10. The van der Waals surface area contributed by atoms with E-state index in [0.717, 1.165) is 24.7 Å². The molecule has 3 rings (SSSR count). The molecule has 0 bridgehead atoms. The molecule has 0 spiro atoms. The second-order valence-corrected chi connectivity index (χ2v) is 6.93. The van der Waals surface area contributed by atoms with Crippen LogP contribution >= 0.6 is 0 Å². The van der Waals surface area contributed by atoms with Gasteiger partial charge >= 0.3 is 6.03 Å². The molecule has 5 nitrogen and oxygen atoms in total. The zero-order valence-corrected chi connectivity index (χ0v) is 15.3. The third-order valence-electron chi connectivity index (χ3n) is 4.82. The van der Waals surface area contributed by atoms with Crippen LogP contribution in [-0.4, -0.2) is 24.9 Å². The monoisotopic (exact) mass is 351 g/mol. The number of nitrogens with zero attached hydrogens (tertiary/aromatic N) is 1. The number of ketones is 1. The van der Waals surface area contributed by atoms with Gasteiger partial charge < -0.3 is 15.5 Å². The Kier molecular flexibility index (Phi) is 5.56. The number of urea groups is 1. The van der Waals surface area contributed by atoms with Crippen molar-refractivity contribution in [2.75, 3.05) is 28.6 Å². The van der Waals surface area contributed by atoms with Crippen molar-refractivity contribution in [3.8, 4) is 0 Å². The van der Waals surface area contributed by atoms with Crippen LogP contribution in [0.3, 0.4) is 0 Å². The SMILES string of the molecule is CC(=O)c1ccc(NC(=O)Nc2ccc(N3CCC(C)CC3)cc2)cc1. The van der Waals surface area contributed by atoms with Gasteiger partial charge in [-0.3, -0.25) is 4.79 Å². The van der Waals surface area contributed by atoms with Crippen LogP contribution in [0.2, 0.25) is 0 Å². The number of rotatable bonds is 4. The fraction of sp³-hybridized carbons (Fsp3) is 0.333. The second-order valence-electron chi connectivity index (χ2n) is 6.93. The minimum Gasteiger partial charge on any atom is -0.372 e. The predicted octanol–water partition coefficient (Wildman–Crippen LogP) is 4.77. The quantitative estimate of drug-likeness (QED) is 0.780. The van der Waals surface area contributed by atoms with Gasteiger partial charge in [0.05, 0.1) is 0 Å². The largest absolute Gasteiger partial charge is 0.372 e. The maximum atomic E-state index is 12.1. The van der Waals surface area contributed by atoms with Crippen molar-refractivity contribution >= 4 is 28.9 Å². The van der Waals surface area contributed by atoms with E-state index in [1.54, 1.807) is 24.3 Å². The Hall–Kier alpha value is -2.82. The molecule has 0 atom stereocenters. The summed E-state index contributed by atoms with van der Waals surface area (Å²) in [4.78, 5) is 25.8. The van der Waals surface area contributed by atoms with Crippen LogP contribution in [0.4, 0.5) is 21.9 Å². The number of carbonyl (C=O) groups excluding carboxylic acids is 2. The number of amides is 2. The summed E-state index contributed by atoms with van der Waals surface area (Å²) in [5, 5.41) is 5.60. The third kappa shape index (κ3) is 4.63. The minimum absolute atomic E-state index is 0.00394. The van der Waals surface area contributed by atoms with Crippen LogP contribution in [0.25, 0.3) is 0 Å². The van der Waals surface area contributed by atoms with E-state index < -0.39 is 0 Å². The maximum Gasteiger partial charge on any atom is 0.323 e. The first-order valence-electron chi connectivity index (χ1n) is 9.05. The lowest BCUT2D eigenvalue weighted by Crippen LogP contribution is -2.32. The first kappa shape index (κ1) is 18.0. The van der Waals surface area contributed by atoms with Crippen LogP contribution in [0, 0.1) is 5.92 Å². The molecule has 26 heavy (non-hydrogen) atoms. The average molecular weight is 351 g/mol. The molecular weight excluding hydrogens is 326 g/mol. The first-order valence-corrected chi connectivity index (χ1v) is 9.05. The Balaban J connectivity index is 1.55. The van der Waals surface area contributed by atoms with Gasteiger partial charge in [0, 0.05) is 35.7 Å².